The van der Waals surface area contributed by atoms with Gasteiger partial charge in [-0.15, -0.1) is 23.2 Å². The molecule has 0 bridgehead atoms. The standard InChI is InChI=1S/C19H24Cl2O7/c1-8-4-11(27-17(24)18(3,25)6-20)13-9(2)16(23)28-15(13)14-10(8)5-12(22)19(14,26)7-21/h10-15,22,25-26H,1-2,4-7H2,3H3/t10-,11-,12-,13-,14+,15+,18+,19+/m1/s1. The van der Waals surface area contributed by atoms with Gasteiger partial charge < -0.3 is 24.8 Å². The predicted molar refractivity (Wildman–Crippen MR) is 101 cm³/mol. The minimum absolute atomic E-state index is 0.0973. The van der Waals surface area contributed by atoms with E-state index in [-0.39, 0.29) is 36.1 Å². The quantitative estimate of drug-likeness (QED) is 0.260. The van der Waals surface area contributed by atoms with Gasteiger partial charge >= 0.3 is 11.9 Å². The van der Waals surface area contributed by atoms with Crippen LogP contribution >= 0.6 is 23.2 Å². The van der Waals surface area contributed by atoms with Gasteiger partial charge in [0, 0.05) is 17.9 Å². The van der Waals surface area contributed by atoms with Crippen LogP contribution in [0.3, 0.4) is 0 Å². The van der Waals surface area contributed by atoms with E-state index in [2.05, 4.69) is 13.2 Å². The summed E-state index contributed by atoms with van der Waals surface area (Å²) in [4.78, 5) is 24.6. The van der Waals surface area contributed by atoms with Crippen LogP contribution < -0.4 is 0 Å². The van der Waals surface area contributed by atoms with Crippen molar-refractivity contribution in [2.24, 2.45) is 17.8 Å². The molecule has 3 rings (SSSR count). The Morgan fingerprint density at radius 2 is 2.07 bits per heavy atom. The Morgan fingerprint density at radius 3 is 2.64 bits per heavy atom. The summed E-state index contributed by atoms with van der Waals surface area (Å²) in [6.45, 7) is 9.05. The van der Waals surface area contributed by atoms with Gasteiger partial charge in [-0.3, -0.25) is 0 Å². The maximum atomic E-state index is 12.4. The number of carbonyl (C=O) groups excluding carboxylic acids is 2. The van der Waals surface area contributed by atoms with Crippen molar-refractivity contribution in [3.8, 4) is 0 Å². The van der Waals surface area contributed by atoms with E-state index in [1.165, 1.54) is 6.92 Å². The van der Waals surface area contributed by atoms with E-state index in [4.69, 9.17) is 32.7 Å². The number of hydrogen-bond acceptors (Lipinski definition) is 7. The van der Waals surface area contributed by atoms with Crippen molar-refractivity contribution in [2.75, 3.05) is 11.8 Å². The molecule has 8 atom stereocenters. The van der Waals surface area contributed by atoms with Gasteiger partial charge in [-0.25, -0.2) is 9.59 Å². The first kappa shape index (κ1) is 21.6. The Hall–Kier alpha value is -1.12. The number of fused-ring (bicyclic) bond motifs is 3. The first-order valence-electron chi connectivity index (χ1n) is 9.01. The zero-order valence-corrected chi connectivity index (χ0v) is 16.9. The van der Waals surface area contributed by atoms with Crippen molar-refractivity contribution in [1.82, 2.24) is 0 Å². The van der Waals surface area contributed by atoms with Gasteiger partial charge in [-0.2, -0.15) is 0 Å². The van der Waals surface area contributed by atoms with Crippen LogP contribution in [0.15, 0.2) is 24.3 Å². The molecule has 0 aromatic rings. The van der Waals surface area contributed by atoms with Gasteiger partial charge in [0.1, 0.15) is 17.8 Å². The second-order valence-corrected chi connectivity index (χ2v) is 8.68. The predicted octanol–water partition coefficient (Wildman–Crippen LogP) is 0.913. The average Bonchev–Trinajstić information content (AvgIpc) is 3.04. The number of aliphatic hydroxyl groups excluding tert-OH is 1. The molecule has 0 unspecified atom stereocenters. The monoisotopic (exact) mass is 434 g/mol. The van der Waals surface area contributed by atoms with E-state index in [1.807, 2.05) is 0 Å². The molecule has 1 saturated heterocycles. The summed E-state index contributed by atoms with van der Waals surface area (Å²) in [5.41, 5.74) is -2.87. The van der Waals surface area contributed by atoms with Crippen molar-refractivity contribution in [3.05, 3.63) is 24.3 Å². The fourth-order valence-electron chi connectivity index (χ4n) is 4.58. The molecule has 156 valence electrons. The molecule has 0 aromatic heterocycles. The lowest BCUT2D eigenvalue weighted by molar-refractivity contribution is -0.172. The van der Waals surface area contributed by atoms with E-state index in [9.17, 15) is 24.9 Å². The number of halogens is 2. The van der Waals surface area contributed by atoms with Crippen molar-refractivity contribution in [2.45, 2.75) is 49.3 Å². The largest absolute Gasteiger partial charge is 0.459 e. The molecule has 3 fully saturated rings. The van der Waals surface area contributed by atoms with Gasteiger partial charge in [0.05, 0.1) is 23.8 Å². The molecule has 1 aliphatic heterocycles. The van der Waals surface area contributed by atoms with Gasteiger partial charge in [0.25, 0.3) is 0 Å². The molecule has 7 nitrogen and oxygen atoms in total. The topological polar surface area (TPSA) is 113 Å². The number of aliphatic hydroxyl groups is 3. The van der Waals surface area contributed by atoms with Crippen LogP contribution in [0.5, 0.6) is 0 Å². The maximum absolute atomic E-state index is 12.4. The van der Waals surface area contributed by atoms with Crippen LogP contribution in [0.1, 0.15) is 19.8 Å². The Bertz CT molecular complexity index is 721. The summed E-state index contributed by atoms with van der Waals surface area (Å²) in [6, 6.07) is 0. The first-order chi connectivity index (χ1) is 13.0. The lowest BCUT2D eigenvalue weighted by atomic mass is 9.76. The summed E-state index contributed by atoms with van der Waals surface area (Å²) in [6.07, 6.45) is -2.54. The van der Waals surface area contributed by atoms with E-state index in [0.717, 1.165) is 0 Å². The molecule has 0 amide bonds. The maximum Gasteiger partial charge on any atom is 0.339 e. The number of carbonyl (C=O) groups is 2. The Balaban J connectivity index is 2.01. The SMILES string of the molecule is C=C1C(=O)O[C@H]2[C@H]1[C@H](OC(=O)[C@@](C)(O)CCl)CC(=C)[C@H]1C[C@@H](O)[C@@](O)(CCl)[C@H]21. The van der Waals surface area contributed by atoms with Gasteiger partial charge in [-0.1, -0.05) is 18.7 Å². The van der Waals surface area contributed by atoms with Crippen LogP contribution in [-0.2, 0) is 19.1 Å². The molecule has 1 heterocycles. The van der Waals surface area contributed by atoms with Crippen LogP contribution in [0.2, 0.25) is 0 Å². The number of hydrogen-bond donors (Lipinski definition) is 3. The van der Waals surface area contributed by atoms with Crippen LogP contribution in [0.25, 0.3) is 0 Å². The highest BCUT2D eigenvalue weighted by Gasteiger charge is 2.64. The molecule has 0 spiro atoms. The Labute approximate surface area is 172 Å². The lowest BCUT2D eigenvalue weighted by Crippen LogP contribution is -2.52. The minimum atomic E-state index is -1.90. The molecule has 28 heavy (non-hydrogen) atoms. The number of ether oxygens (including phenoxy) is 2. The fraction of sp³-hybridized carbons (Fsp3) is 0.684. The lowest BCUT2D eigenvalue weighted by Gasteiger charge is -2.37. The summed E-state index contributed by atoms with van der Waals surface area (Å²) >= 11 is 11.6. The van der Waals surface area contributed by atoms with E-state index in [1.54, 1.807) is 0 Å². The Kier molecular flexibility index (Phi) is 5.62. The van der Waals surface area contributed by atoms with Crippen molar-refractivity contribution >= 4 is 35.1 Å². The van der Waals surface area contributed by atoms with Gasteiger partial charge in [0.15, 0.2) is 5.60 Å². The minimum Gasteiger partial charge on any atom is -0.459 e. The summed E-state index contributed by atoms with van der Waals surface area (Å²) in [7, 11) is 0. The Morgan fingerprint density at radius 1 is 1.43 bits per heavy atom. The normalized spacial score (nSPS) is 42.3. The second-order valence-electron chi connectivity index (χ2n) is 8.14. The first-order valence-corrected chi connectivity index (χ1v) is 10.1. The molecule has 3 N–H and O–H groups in total. The molecule has 2 saturated carbocycles. The zero-order chi connectivity index (χ0) is 21.0. The molecule has 2 aliphatic carbocycles. The highest BCUT2D eigenvalue weighted by atomic mass is 35.5. The van der Waals surface area contributed by atoms with Crippen LogP contribution in [0.4, 0.5) is 0 Å². The van der Waals surface area contributed by atoms with Crippen molar-refractivity contribution < 1.29 is 34.4 Å². The summed E-state index contributed by atoms with van der Waals surface area (Å²) in [5, 5.41) is 31.6. The van der Waals surface area contributed by atoms with Crippen LogP contribution in [0, 0.1) is 17.8 Å². The number of esters is 2. The number of alkyl halides is 2. The summed E-state index contributed by atoms with van der Waals surface area (Å²) < 4.78 is 11.0. The smallest absolute Gasteiger partial charge is 0.339 e. The average molecular weight is 435 g/mol. The van der Waals surface area contributed by atoms with Crippen molar-refractivity contribution in [1.29, 1.82) is 0 Å². The molecule has 0 radical (unpaired) electrons. The molecule has 9 heteroatoms. The van der Waals surface area contributed by atoms with Crippen molar-refractivity contribution in [3.63, 3.8) is 0 Å². The van der Waals surface area contributed by atoms with Gasteiger partial charge in [-0.05, 0) is 19.3 Å². The highest BCUT2D eigenvalue weighted by Crippen LogP contribution is 2.55. The molecule has 0 aromatic carbocycles. The van der Waals surface area contributed by atoms with Crippen LogP contribution in [-0.4, -0.2) is 68.5 Å². The third-order valence-corrected chi connectivity index (χ3v) is 7.19. The zero-order valence-electron chi connectivity index (χ0n) is 15.4. The molecular weight excluding hydrogens is 411 g/mol. The van der Waals surface area contributed by atoms with E-state index >= 15 is 0 Å². The van der Waals surface area contributed by atoms with E-state index < -0.39 is 53.3 Å². The third kappa shape index (κ3) is 3.17. The summed E-state index contributed by atoms with van der Waals surface area (Å²) in [5.74, 6) is -4.11. The molecule has 3 aliphatic rings. The number of rotatable bonds is 4. The van der Waals surface area contributed by atoms with Gasteiger partial charge in [0.2, 0.25) is 0 Å². The third-order valence-electron chi connectivity index (χ3n) is 6.24. The highest BCUT2D eigenvalue weighted by molar-refractivity contribution is 6.20. The molecular formula is C19H24Cl2O7. The second kappa shape index (κ2) is 7.29. The van der Waals surface area contributed by atoms with E-state index in [0.29, 0.717) is 5.57 Å². The fourth-order valence-corrected chi connectivity index (χ4v) is 5.05.